The smallest absolute Gasteiger partial charge is 0.245 e. The molecule has 0 unspecified atom stereocenters. The van der Waals surface area contributed by atoms with Crippen LogP contribution in [0.3, 0.4) is 0 Å². The number of hydrogen-bond donors (Lipinski definition) is 0. The number of benzene rings is 1. The summed E-state index contributed by atoms with van der Waals surface area (Å²) < 4.78 is 27.8. The van der Waals surface area contributed by atoms with E-state index < -0.39 is 10.0 Å². The van der Waals surface area contributed by atoms with Crippen molar-refractivity contribution in [1.29, 1.82) is 0 Å². The zero-order chi connectivity index (χ0) is 16.9. The Morgan fingerprint density at radius 2 is 1.71 bits per heavy atom. The third-order valence-electron chi connectivity index (χ3n) is 5.30. The van der Waals surface area contributed by atoms with Crippen molar-refractivity contribution >= 4 is 32.4 Å². The van der Waals surface area contributed by atoms with Crippen LogP contribution in [0.5, 0.6) is 0 Å². The van der Waals surface area contributed by atoms with E-state index in [-0.39, 0.29) is 4.90 Å². The maximum Gasteiger partial charge on any atom is 0.245 e. The highest BCUT2D eigenvalue weighted by atomic mass is 35.5. The molecule has 0 spiro atoms. The van der Waals surface area contributed by atoms with Gasteiger partial charge in [0.1, 0.15) is 10.0 Å². The summed E-state index contributed by atoms with van der Waals surface area (Å²) in [7, 11) is -3.57. The Hall–Kier alpha value is -1.21. The number of pyridine rings is 1. The maximum atomic E-state index is 13.1. The molecule has 1 aliphatic carbocycles. The number of nitrogens with zero attached hydrogens (tertiary/aromatic N) is 3. The molecular formula is C17H20ClN3O2S. The normalized spacial score (nSPS) is 21.9. The Morgan fingerprint density at radius 1 is 1.08 bits per heavy atom. The second-order valence-corrected chi connectivity index (χ2v) is 9.11. The van der Waals surface area contributed by atoms with Crippen molar-refractivity contribution in [1.82, 2.24) is 14.2 Å². The molecule has 24 heavy (non-hydrogen) atoms. The predicted octanol–water partition coefficient (Wildman–Crippen LogP) is 2.75. The van der Waals surface area contributed by atoms with E-state index in [2.05, 4.69) is 16.8 Å². The number of aromatic nitrogens is 1. The third-order valence-corrected chi connectivity index (χ3v) is 7.53. The fraction of sp³-hybridized carbons (Fsp3) is 0.471. The first-order valence-corrected chi connectivity index (χ1v) is 10.0. The topological polar surface area (TPSA) is 53.5 Å². The first-order chi connectivity index (χ1) is 11.4. The molecule has 0 radical (unpaired) electrons. The third kappa shape index (κ3) is 2.62. The molecule has 128 valence electrons. The lowest BCUT2D eigenvalue weighted by Crippen LogP contribution is -2.52. The molecule has 2 heterocycles. The number of piperazine rings is 1. The highest BCUT2D eigenvalue weighted by molar-refractivity contribution is 7.89. The van der Waals surface area contributed by atoms with Crippen molar-refractivity contribution in [3.05, 3.63) is 35.6 Å². The van der Waals surface area contributed by atoms with Gasteiger partial charge < -0.3 is 0 Å². The highest BCUT2D eigenvalue weighted by Gasteiger charge is 2.45. The number of halogens is 1. The van der Waals surface area contributed by atoms with E-state index in [1.807, 2.05) is 12.1 Å². The van der Waals surface area contributed by atoms with Crippen molar-refractivity contribution < 1.29 is 8.42 Å². The average Bonchev–Trinajstić information content (AvgIpc) is 3.34. The summed E-state index contributed by atoms with van der Waals surface area (Å²) in [5.41, 5.74) is 0.296. The highest BCUT2D eigenvalue weighted by Crippen LogP contribution is 2.41. The second kappa shape index (κ2) is 5.66. The minimum atomic E-state index is -3.57. The Kier molecular flexibility index (Phi) is 3.84. The number of fused-ring (bicyclic) bond motifs is 1. The van der Waals surface area contributed by atoms with Crippen molar-refractivity contribution in [3.8, 4) is 0 Å². The predicted molar refractivity (Wildman–Crippen MR) is 94.7 cm³/mol. The van der Waals surface area contributed by atoms with Crippen LogP contribution < -0.4 is 0 Å². The second-order valence-electron chi connectivity index (χ2n) is 6.85. The minimum Gasteiger partial charge on any atom is -0.295 e. The number of rotatable bonds is 3. The van der Waals surface area contributed by atoms with Gasteiger partial charge in [0, 0.05) is 48.7 Å². The summed E-state index contributed by atoms with van der Waals surface area (Å²) in [6.07, 6.45) is 3.81. The SMILES string of the molecule is CC1(N2CCN(S(=O)(=O)c3cnc(Cl)c4ccccc34)CC2)CC1. The summed E-state index contributed by atoms with van der Waals surface area (Å²) in [6.45, 7) is 4.88. The van der Waals surface area contributed by atoms with Gasteiger partial charge in [-0.15, -0.1) is 0 Å². The number of sulfonamides is 1. The molecule has 1 aromatic carbocycles. The molecule has 2 aromatic rings. The van der Waals surface area contributed by atoms with Gasteiger partial charge in [-0.25, -0.2) is 13.4 Å². The molecule has 0 atom stereocenters. The zero-order valence-corrected chi connectivity index (χ0v) is 15.1. The monoisotopic (exact) mass is 365 g/mol. The molecule has 1 saturated carbocycles. The Labute approximate surface area is 147 Å². The van der Waals surface area contributed by atoms with E-state index in [4.69, 9.17) is 11.6 Å². The van der Waals surface area contributed by atoms with E-state index in [1.54, 1.807) is 16.4 Å². The Balaban J connectivity index is 1.65. The minimum absolute atomic E-state index is 0.244. The molecular weight excluding hydrogens is 346 g/mol. The van der Waals surface area contributed by atoms with E-state index in [1.165, 1.54) is 19.0 Å². The van der Waals surface area contributed by atoms with Crippen LogP contribution in [0.15, 0.2) is 35.4 Å². The van der Waals surface area contributed by atoms with Crippen molar-refractivity contribution in [2.75, 3.05) is 26.2 Å². The van der Waals surface area contributed by atoms with E-state index in [0.717, 1.165) is 13.1 Å². The van der Waals surface area contributed by atoms with Crippen LogP contribution in [0, 0.1) is 0 Å². The maximum absolute atomic E-state index is 13.1. The zero-order valence-electron chi connectivity index (χ0n) is 13.6. The molecule has 7 heteroatoms. The van der Waals surface area contributed by atoms with Crippen LogP contribution in [0.2, 0.25) is 5.15 Å². The van der Waals surface area contributed by atoms with Gasteiger partial charge in [0.05, 0.1) is 0 Å². The van der Waals surface area contributed by atoms with Crippen molar-refractivity contribution in [3.63, 3.8) is 0 Å². The molecule has 0 amide bonds. The summed E-state index contributed by atoms with van der Waals surface area (Å²) in [5, 5.41) is 1.63. The molecule has 0 N–H and O–H groups in total. The Morgan fingerprint density at radius 3 is 2.33 bits per heavy atom. The largest absolute Gasteiger partial charge is 0.295 e. The summed E-state index contributed by atoms with van der Waals surface area (Å²) in [6, 6.07) is 7.25. The lowest BCUT2D eigenvalue weighted by Gasteiger charge is -2.37. The molecule has 2 aliphatic rings. The molecule has 5 nitrogen and oxygen atoms in total. The Bertz CT molecular complexity index is 888. The van der Waals surface area contributed by atoms with Gasteiger partial charge in [-0.2, -0.15) is 4.31 Å². The summed E-state index contributed by atoms with van der Waals surface area (Å²) in [4.78, 5) is 6.74. The lowest BCUT2D eigenvalue weighted by atomic mass is 10.2. The average molecular weight is 366 g/mol. The fourth-order valence-electron chi connectivity index (χ4n) is 3.44. The molecule has 1 aliphatic heterocycles. The van der Waals surface area contributed by atoms with Crippen LogP contribution in [0.4, 0.5) is 0 Å². The van der Waals surface area contributed by atoms with Gasteiger partial charge >= 0.3 is 0 Å². The fourth-order valence-corrected chi connectivity index (χ4v) is 5.22. The molecule has 4 rings (SSSR count). The van der Waals surface area contributed by atoms with Gasteiger partial charge in [0.15, 0.2) is 0 Å². The van der Waals surface area contributed by atoms with Crippen molar-refractivity contribution in [2.45, 2.75) is 30.2 Å². The van der Waals surface area contributed by atoms with Gasteiger partial charge in [-0.05, 0) is 19.8 Å². The van der Waals surface area contributed by atoms with Crippen LogP contribution in [-0.4, -0.2) is 54.3 Å². The summed E-state index contributed by atoms with van der Waals surface area (Å²) in [5.74, 6) is 0. The van der Waals surface area contributed by atoms with Gasteiger partial charge in [-0.3, -0.25) is 4.90 Å². The lowest BCUT2D eigenvalue weighted by molar-refractivity contribution is 0.132. The molecule has 0 bridgehead atoms. The first kappa shape index (κ1) is 16.3. The van der Waals surface area contributed by atoms with Crippen molar-refractivity contribution in [2.24, 2.45) is 0 Å². The molecule has 1 aromatic heterocycles. The summed E-state index contributed by atoms with van der Waals surface area (Å²) >= 11 is 6.11. The standard InChI is InChI=1S/C17H20ClN3O2S/c1-17(6-7-17)20-8-10-21(11-9-20)24(22,23)15-12-19-16(18)14-5-3-2-4-13(14)15/h2-5,12H,6-11H2,1H3. The van der Waals surface area contributed by atoms with E-state index >= 15 is 0 Å². The van der Waals surface area contributed by atoms with Gasteiger partial charge in [0.2, 0.25) is 10.0 Å². The quantitative estimate of drug-likeness (QED) is 0.785. The first-order valence-electron chi connectivity index (χ1n) is 8.20. The van der Waals surface area contributed by atoms with E-state index in [9.17, 15) is 8.42 Å². The molecule has 1 saturated heterocycles. The van der Waals surface area contributed by atoms with Crippen LogP contribution in [-0.2, 0) is 10.0 Å². The van der Waals surface area contributed by atoms with Crippen LogP contribution in [0.25, 0.3) is 10.8 Å². The van der Waals surface area contributed by atoms with Gasteiger partial charge in [-0.1, -0.05) is 35.9 Å². The van der Waals surface area contributed by atoms with Crippen LogP contribution >= 0.6 is 11.6 Å². The number of hydrogen-bond acceptors (Lipinski definition) is 4. The van der Waals surface area contributed by atoms with Gasteiger partial charge in [0.25, 0.3) is 0 Å². The van der Waals surface area contributed by atoms with E-state index in [0.29, 0.717) is 34.6 Å². The van der Waals surface area contributed by atoms with Crippen LogP contribution in [0.1, 0.15) is 19.8 Å². The molecule has 2 fully saturated rings.